The van der Waals surface area contributed by atoms with Crippen LogP contribution < -0.4 is 14.4 Å². The van der Waals surface area contributed by atoms with Gasteiger partial charge in [-0.15, -0.1) is 0 Å². The second-order valence-electron chi connectivity index (χ2n) is 4.89. The van der Waals surface area contributed by atoms with Crippen molar-refractivity contribution in [2.24, 2.45) is 0 Å². The van der Waals surface area contributed by atoms with Crippen molar-refractivity contribution in [3.8, 4) is 11.5 Å². The Hall–Kier alpha value is -2.82. The number of ether oxygens (including phenoxy) is 2. The van der Waals surface area contributed by atoms with Gasteiger partial charge in [0.25, 0.3) is 5.91 Å². The van der Waals surface area contributed by atoms with E-state index in [0.29, 0.717) is 17.2 Å². The number of anilines is 1. The molecule has 1 aliphatic heterocycles. The standard InChI is InChI=1S/C17H15NO4/c1-21-13-7-9-14(10-8-13)22-15-11-16(19)18(17(15)20)12-5-3-2-4-6-12/h2-10,15H,11H2,1H3. The predicted octanol–water partition coefficient (Wildman–Crippen LogP) is 2.41. The predicted molar refractivity (Wildman–Crippen MR) is 81.0 cm³/mol. The third-order valence-electron chi connectivity index (χ3n) is 3.46. The fourth-order valence-corrected chi connectivity index (χ4v) is 2.36. The Kier molecular flexibility index (Phi) is 3.78. The molecule has 1 heterocycles. The molecule has 22 heavy (non-hydrogen) atoms. The summed E-state index contributed by atoms with van der Waals surface area (Å²) in [7, 11) is 1.58. The van der Waals surface area contributed by atoms with Gasteiger partial charge in [0.15, 0.2) is 6.10 Å². The molecular weight excluding hydrogens is 282 g/mol. The molecule has 0 N–H and O–H groups in total. The van der Waals surface area contributed by atoms with Crippen LogP contribution in [0.15, 0.2) is 54.6 Å². The minimum Gasteiger partial charge on any atom is -0.497 e. The molecule has 3 rings (SSSR count). The Balaban J connectivity index is 1.76. The number of carbonyl (C=O) groups excluding carboxylic acids is 2. The minimum absolute atomic E-state index is 0.0414. The van der Waals surface area contributed by atoms with Crippen LogP contribution in [-0.2, 0) is 9.59 Å². The quantitative estimate of drug-likeness (QED) is 0.813. The van der Waals surface area contributed by atoms with Crippen LogP contribution in [0.5, 0.6) is 11.5 Å². The smallest absolute Gasteiger partial charge is 0.275 e. The van der Waals surface area contributed by atoms with E-state index in [0.717, 1.165) is 0 Å². The topological polar surface area (TPSA) is 55.8 Å². The largest absolute Gasteiger partial charge is 0.497 e. The molecule has 1 atom stereocenters. The van der Waals surface area contributed by atoms with Crippen molar-refractivity contribution in [3.05, 3.63) is 54.6 Å². The molecule has 5 heteroatoms. The molecular formula is C17H15NO4. The molecule has 0 aromatic heterocycles. The maximum atomic E-state index is 12.4. The number of carbonyl (C=O) groups is 2. The summed E-state index contributed by atoms with van der Waals surface area (Å²) < 4.78 is 10.7. The van der Waals surface area contributed by atoms with E-state index in [9.17, 15) is 9.59 Å². The zero-order chi connectivity index (χ0) is 15.5. The number of imide groups is 1. The lowest BCUT2D eigenvalue weighted by Gasteiger charge is -2.15. The summed E-state index contributed by atoms with van der Waals surface area (Å²) in [5.41, 5.74) is 0.568. The van der Waals surface area contributed by atoms with E-state index in [2.05, 4.69) is 0 Å². The maximum Gasteiger partial charge on any atom is 0.275 e. The summed E-state index contributed by atoms with van der Waals surface area (Å²) in [6, 6.07) is 15.8. The molecule has 112 valence electrons. The van der Waals surface area contributed by atoms with E-state index in [4.69, 9.17) is 9.47 Å². The van der Waals surface area contributed by atoms with Crippen molar-refractivity contribution in [2.75, 3.05) is 12.0 Å². The maximum absolute atomic E-state index is 12.4. The number of hydrogen-bond donors (Lipinski definition) is 0. The molecule has 1 fully saturated rings. The first-order valence-electron chi connectivity index (χ1n) is 6.91. The number of benzene rings is 2. The Morgan fingerprint density at radius 1 is 0.955 bits per heavy atom. The summed E-state index contributed by atoms with van der Waals surface area (Å²) in [6.07, 6.45) is -0.749. The minimum atomic E-state index is -0.791. The third-order valence-corrected chi connectivity index (χ3v) is 3.46. The first kappa shape index (κ1) is 14.1. The van der Waals surface area contributed by atoms with Crippen LogP contribution in [0.3, 0.4) is 0 Å². The van der Waals surface area contributed by atoms with Crippen LogP contribution in [0, 0.1) is 0 Å². The Labute approximate surface area is 128 Å². The van der Waals surface area contributed by atoms with Crippen molar-refractivity contribution in [2.45, 2.75) is 12.5 Å². The van der Waals surface area contributed by atoms with Crippen LogP contribution in [0.1, 0.15) is 6.42 Å². The fourth-order valence-electron chi connectivity index (χ4n) is 2.36. The number of para-hydroxylation sites is 1. The van der Waals surface area contributed by atoms with Gasteiger partial charge in [0.2, 0.25) is 5.91 Å². The van der Waals surface area contributed by atoms with Crippen LogP contribution in [0.25, 0.3) is 0 Å². The van der Waals surface area contributed by atoms with Crippen LogP contribution in [0.4, 0.5) is 5.69 Å². The summed E-state index contributed by atoms with van der Waals surface area (Å²) >= 11 is 0. The van der Waals surface area contributed by atoms with Gasteiger partial charge in [-0.3, -0.25) is 9.59 Å². The van der Waals surface area contributed by atoms with Crippen molar-refractivity contribution in [1.29, 1.82) is 0 Å². The van der Waals surface area contributed by atoms with Gasteiger partial charge >= 0.3 is 0 Å². The fraction of sp³-hybridized carbons (Fsp3) is 0.176. The van der Waals surface area contributed by atoms with Gasteiger partial charge in [-0.1, -0.05) is 18.2 Å². The van der Waals surface area contributed by atoms with Crippen LogP contribution in [0.2, 0.25) is 0 Å². The molecule has 2 aromatic carbocycles. The average Bonchev–Trinajstić information content (AvgIpc) is 2.83. The van der Waals surface area contributed by atoms with Crippen molar-refractivity contribution >= 4 is 17.5 Å². The lowest BCUT2D eigenvalue weighted by molar-refractivity contribution is -0.123. The number of rotatable bonds is 4. The molecule has 2 aromatic rings. The van der Waals surface area contributed by atoms with Gasteiger partial charge in [-0.25, -0.2) is 4.90 Å². The van der Waals surface area contributed by atoms with E-state index in [1.165, 1.54) is 4.90 Å². The highest BCUT2D eigenvalue weighted by Crippen LogP contribution is 2.26. The highest BCUT2D eigenvalue weighted by atomic mass is 16.5. The molecule has 0 aliphatic carbocycles. The van der Waals surface area contributed by atoms with Gasteiger partial charge < -0.3 is 9.47 Å². The molecule has 0 saturated carbocycles. The van der Waals surface area contributed by atoms with Crippen LogP contribution in [-0.4, -0.2) is 25.0 Å². The van der Waals surface area contributed by atoms with Gasteiger partial charge in [0.05, 0.1) is 19.2 Å². The lowest BCUT2D eigenvalue weighted by Crippen LogP contribution is -2.33. The lowest BCUT2D eigenvalue weighted by atomic mass is 10.3. The first-order chi connectivity index (χ1) is 10.7. The number of methoxy groups -OCH3 is 1. The molecule has 0 bridgehead atoms. The van der Waals surface area contributed by atoms with E-state index in [1.807, 2.05) is 6.07 Å². The highest BCUT2D eigenvalue weighted by molar-refractivity contribution is 6.22. The van der Waals surface area contributed by atoms with Crippen molar-refractivity contribution in [3.63, 3.8) is 0 Å². The summed E-state index contributed by atoms with van der Waals surface area (Å²) in [5.74, 6) is 0.635. The molecule has 2 amide bonds. The summed E-state index contributed by atoms with van der Waals surface area (Å²) in [6.45, 7) is 0. The average molecular weight is 297 g/mol. The van der Waals surface area contributed by atoms with Gasteiger partial charge in [0, 0.05) is 0 Å². The monoisotopic (exact) mass is 297 g/mol. The second kappa shape index (κ2) is 5.89. The zero-order valence-electron chi connectivity index (χ0n) is 12.1. The summed E-state index contributed by atoms with van der Waals surface area (Å²) in [4.78, 5) is 25.7. The molecule has 0 spiro atoms. The molecule has 1 saturated heterocycles. The van der Waals surface area contributed by atoms with E-state index < -0.39 is 6.10 Å². The number of hydrogen-bond acceptors (Lipinski definition) is 4. The van der Waals surface area contributed by atoms with E-state index in [-0.39, 0.29) is 18.2 Å². The first-order valence-corrected chi connectivity index (χ1v) is 6.91. The van der Waals surface area contributed by atoms with Crippen LogP contribution >= 0.6 is 0 Å². The van der Waals surface area contributed by atoms with Gasteiger partial charge in [0.1, 0.15) is 11.5 Å². The Morgan fingerprint density at radius 3 is 2.23 bits per heavy atom. The summed E-state index contributed by atoms with van der Waals surface area (Å²) in [5, 5.41) is 0. The molecule has 1 aliphatic rings. The highest BCUT2D eigenvalue weighted by Gasteiger charge is 2.41. The second-order valence-corrected chi connectivity index (χ2v) is 4.89. The molecule has 0 radical (unpaired) electrons. The number of nitrogens with zero attached hydrogens (tertiary/aromatic N) is 1. The van der Waals surface area contributed by atoms with E-state index in [1.54, 1.807) is 55.6 Å². The third kappa shape index (κ3) is 2.65. The van der Waals surface area contributed by atoms with E-state index >= 15 is 0 Å². The molecule has 5 nitrogen and oxygen atoms in total. The SMILES string of the molecule is COc1ccc(OC2CC(=O)N(c3ccccc3)C2=O)cc1. The molecule has 1 unspecified atom stereocenters. The number of amides is 2. The van der Waals surface area contributed by atoms with Gasteiger partial charge in [-0.2, -0.15) is 0 Å². The van der Waals surface area contributed by atoms with Crippen molar-refractivity contribution < 1.29 is 19.1 Å². The van der Waals surface area contributed by atoms with Gasteiger partial charge in [-0.05, 0) is 36.4 Å². The normalized spacial score (nSPS) is 17.7. The Bertz CT molecular complexity index is 682. The van der Waals surface area contributed by atoms with Crippen molar-refractivity contribution in [1.82, 2.24) is 0 Å². The zero-order valence-corrected chi connectivity index (χ0v) is 12.1. The Morgan fingerprint density at radius 2 is 1.59 bits per heavy atom.